The van der Waals surface area contributed by atoms with Crippen LogP contribution in [-0.2, 0) is 13.1 Å². The molecule has 0 radical (unpaired) electrons. The summed E-state index contributed by atoms with van der Waals surface area (Å²) in [7, 11) is 0. The number of nitro benzene ring substituents is 1. The van der Waals surface area contributed by atoms with Crippen molar-refractivity contribution in [2.24, 2.45) is 0 Å². The summed E-state index contributed by atoms with van der Waals surface area (Å²) < 4.78 is 5.55. The summed E-state index contributed by atoms with van der Waals surface area (Å²) in [5.74, 6) is 0.541. The predicted molar refractivity (Wildman–Crippen MR) is 104 cm³/mol. The maximum atomic E-state index is 12.1. The molecule has 0 saturated heterocycles. The van der Waals surface area contributed by atoms with Crippen LogP contribution in [0.3, 0.4) is 0 Å². The Morgan fingerprint density at radius 1 is 1.15 bits per heavy atom. The third-order valence-corrected chi connectivity index (χ3v) is 3.92. The molecular formula is C20H25N3O4. The molecule has 7 heteroatoms. The van der Waals surface area contributed by atoms with Crippen LogP contribution >= 0.6 is 0 Å². The summed E-state index contributed by atoms with van der Waals surface area (Å²) >= 11 is 0. The first kappa shape index (κ1) is 20.4. The molecule has 0 unspecified atom stereocenters. The van der Waals surface area contributed by atoms with Crippen molar-refractivity contribution in [1.82, 2.24) is 10.6 Å². The molecule has 2 N–H and O–H groups in total. The molecule has 0 aliphatic carbocycles. The first-order chi connectivity index (χ1) is 13.0. The van der Waals surface area contributed by atoms with Crippen LogP contribution in [0, 0.1) is 10.1 Å². The third-order valence-electron chi connectivity index (χ3n) is 3.92. The number of rotatable bonds is 10. The van der Waals surface area contributed by atoms with E-state index in [1.807, 2.05) is 32.0 Å². The molecule has 1 amide bonds. The van der Waals surface area contributed by atoms with Crippen molar-refractivity contribution in [3.05, 3.63) is 69.3 Å². The topological polar surface area (TPSA) is 93.5 Å². The third kappa shape index (κ3) is 6.07. The number of carbonyl (C=O) groups excluding carboxylic acids is 1. The Morgan fingerprint density at radius 2 is 1.96 bits per heavy atom. The monoisotopic (exact) mass is 371 g/mol. The second-order valence-electron chi connectivity index (χ2n) is 6.04. The zero-order valence-corrected chi connectivity index (χ0v) is 15.7. The second kappa shape index (κ2) is 10.3. The van der Waals surface area contributed by atoms with E-state index in [2.05, 4.69) is 10.6 Å². The van der Waals surface area contributed by atoms with Crippen molar-refractivity contribution < 1.29 is 14.5 Å². The van der Waals surface area contributed by atoms with E-state index in [1.165, 1.54) is 12.1 Å². The molecule has 2 rings (SSSR count). The van der Waals surface area contributed by atoms with E-state index in [0.29, 0.717) is 37.6 Å². The van der Waals surface area contributed by atoms with Gasteiger partial charge in [-0.3, -0.25) is 14.9 Å². The molecule has 2 aromatic carbocycles. The van der Waals surface area contributed by atoms with Gasteiger partial charge >= 0.3 is 0 Å². The van der Waals surface area contributed by atoms with Gasteiger partial charge in [-0.15, -0.1) is 0 Å². The van der Waals surface area contributed by atoms with Gasteiger partial charge in [-0.25, -0.2) is 0 Å². The number of nitrogens with one attached hydrogen (secondary N) is 2. The molecule has 144 valence electrons. The highest BCUT2D eigenvalue weighted by Gasteiger charge is 2.12. The molecule has 0 aromatic heterocycles. The Hall–Kier alpha value is -2.93. The number of non-ortho nitro benzene ring substituents is 1. The summed E-state index contributed by atoms with van der Waals surface area (Å²) in [5.41, 5.74) is 2.34. The van der Waals surface area contributed by atoms with E-state index >= 15 is 0 Å². The van der Waals surface area contributed by atoms with Gasteiger partial charge < -0.3 is 15.4 Å². The summed E-state index contributed by atoms with van der Waals surface area (Å²) in [6.07, 6.45) is 0.887. The van der Waals surface area contributed by atoms with Crippen LogP contribution in [0.4, 0.5) is 5.69 Å². The van der Waals surface area contributed by atoms with Crippen LogP contribution in [0.15, 0.2) is 42.5 Å². The number of benzene rings is 2. The number of ether oxygens (including phenoxy) is 1. The van der Waals surface area contributed by atoms with Gasteiger partial charge in [0.1, 0.15) is 5.75 Å². The largest absolute Gasteiger partial charge is 0.494 e. The fourth-order valence-corrected chi connectivity index (χ4v) is 2.62. The zero-order chi connectivity index (χ0) is 19.6. The lowest BCUT2D eigenvalue weighted by molar-refractivity contribution is -0.384. The summed E-state index contributed by atoms with van der Waals surface area (Å²) in [6, 6.07) is 12.0. The summed E-state index contributed by atoms with van der Waals surface area (Å²) in [6.45, 7) is 5.96. The number of carbonyl (C=O) groups is 1. The number of hydrogen-bond donors (Lipinski definition) is 2. The molecule has 0 heterocycles. The van der Waals surface area contributed by atoms with E-state index in [-0.39, 0.29) is 11.6 Å². The molecule has 2 aromatic rings. The lowest BCUT2D eigenvalue weighted by Crippen LogP contribution is -2.24. The normalized spacial score (nSPS) is 10.4. The van der Waals surface area contributed by atoms with Crippen molar-refractivity contribution in [2.75, 3.05) is 13.2 Å². The maximum absolute atomic E-state index is 12.1. The van der Waals surface area contributed by atoms with Crippen molar-refractivity contribution in [2.45, 2.75) is 33.4 Å². The summed E-state index contributed by atoms with van der Waals surface area (Å²) in [4.78, 5) is 22.6. The highest BCUT2D eigenvalue weighted by atomic mass is 16.6. The minimum Gasteiger partial charge on any atom is -0.494 e. The number of hydrogen-bond acceptors (Lipinski definition) is 5. The smallest absolute Gasteiger partial charge is 0.270 e. The van der Waals surface area contributed by atoms with Gasteiger partial charge in [-0.05, 0) is 37.1 Å². The molecule has 0 saturated carbocycles. The van der Waals surface area contributed by atoms with Crippen LogP contribution in [0.25, 0.3) is 0 Å². The molecule has 0 bridgehead atoms. The second-order valence-corrected chi connectivity index (χ2v) is 6.04. The van der Waals surface area contributed by atoms with Crippen LogP contribution in [0.1, 0.15) is 41.8 Å². The van der Waals surface area contributed by atoms with Gasteiger partial charge in [-0.1, -0.05) is 19.1 Å². The van der Waals surface area contributed by atoms with Crippen molar-refractivity contribution >= 4 is 11.6 Å². The van der Waals surface area contributed by atoms with Crippen LogP contribution in [0.2, 0.25) is 0 Å². The average molecular weight is 371 g/mol. The van der Waals surface area contributed by atoms with E-state index in [0.717, 1.165) is 17.5 Å². The minimum absolute atomic E-state index is 0.0323. The molecule has 27 heavy (non-hydrogen) atoms. The Morgan fingerprint density at radius 3 is 2.67 bits per heavy atom. The first-order valence-corrected chi connectivity index (χ1v) is 9.03. The lowest BCUT2D eigenvalue weighted by atomic mass is 10.1. The van der Waals surface area contributed by atoms with Crippen molar-refractivity contribution in [1.29, 1.82) is 0 Å². The van der Waals surface area contributed by atoms with Gasteiger partial charge in [0.15, 0.2) is 0 Å². The van der Waals surface area contributed by atoms with Gasteiger partial charge in [0.05, 0.1) is 11.5 Å². The average Bonchev–Trinajstić information content (AvgIpc) is 2.67. The van der Waals surface area contributed by atoms with E-state index in [4.69, 9.17) is 4.74 Å². The highest BCUT2D eigenvalue weighted by Crippen LogP contribution is 2.24. The highest BCUT2D eigenvalue weighted by molar-refractivity contribution is 5.94. The Labute approximate surface area is 158 Å². The molecule has 0 atom stereocenters. The van der Waals surface area contributed by atoms with Gasteiger partial charge in [-0.2, -0.15) is 0 Å². The lowest BCUT2D eigenvalue weighted by Gasteiger charge is -2.11. The molecule has 0 aliphatic heterocycles. The van der Waals surface area contributed by atoms with Gasteiger partial charge in [0.2, 0.25) is 0 Å². The molecular weight excluding hydrogens is 346 g/mol. The molecule has 0 aliphatic rings. The van der Waals surface area contributed by atoms with Gasteiger partial charge in [0, 0.05) is 42.9 Å². The van der Waals surface area contributed by atoms with Crippen LogP contribution in [0.5, 0.6) is 5.75 Å². The Balaban J connectivity index is 2.02. The zero-order valence-electron chi connectivity index (χ0n) is 15.7. The van der Waals surface area contributed by atoms with Crippen molar-refractivity contribution in [3.8, 4) is 5.75 Å². The fraction of sp³-hybridized carbons (Fsp3) is 0.350. The maximum Gasteiger partial charge on any atom is 0.270 e. The van der Waals surface area contributed by atoms with E-state index in [9.17, 15) is 14.9 Å². The minimum atomic E-state index is -0.419. The predicted octanol–water partition coefficient (Wildman–Crippen LogP) is 3.42. The first-order valence-electron chi connectivity index (χ1n) is 9.03. The van der Waals surface area contributed by atoms with E-state index in [1.54, 1.807) is 12.1 Å². The number of nitro groups is 1. The van der Waals surface area contributed by atoms with E-state index < -0.39 is 4.92 Å². The van der Waals surface area contributed by atoms with Crippen LogP contribution in [-0.4, -0.2) is 24.0 Å². The standard InChI is InChI=1S/C20H25N3O4/c1-3-10-22-20(24)16-7-5-6-15(11-16)13-21-14-17-12-18(23(25)26)8-9-19(17)27-4-2/h5-9,11-12,21H,3-4,10,13-14H2,1-2H3,(H,22,24). The molecule has 7 nitrogen and oxygen atoms in total. The van der Waals surface area contributed by atoms with Gasteiger partial charge in [0.25, 0.3) is 11.6 Å². The molecule has 0 spiro atoms. The Bertz CT molecular complexity index is 793. The SMILES string of the molecule is CCCNC(=O)c1cccc(CNCc2cc([N+](=O)[O-])ccc2OCC)c1. The fourth-order valence-electron chi connectivity index (χ4n) is 2.62. The number of amides is 1. The number of nitrogens with zero attached hydrogens (tertiary/aromatic N) is 1. The molecule has 0 fully saturated rings. The Kier molecular flexibility index (Phi) is 7.76. The summed E-state index contributed by atoms with van der Waals surface area (Å²) in [5, 5.41) is 17.1. The quantitative estimate of drug-likeness (QED) is 0.493. The van der Waals surface area contributed by atoms with Crippen molar-refractivity contribution in [3.63, 3.8) is 0 Å². The van der Waals surface area contributed by atoms with Crippen LogP contribution < -0.4 is 15.4 Å².